The van der Waals surface area contributed by atoms with Gasteiger partial charge in [-0.05, 0) is 55.0 Å². The average Bonchev–Trinajstić information content (AvgIpc) is 3.59. The molecule has 0 spiro atoms. The van der Waals surface area contributed by atoms with Gasteiger partial charge in [0, 0.05) is 17.9 Å². The third-order valence-corrected chi connectivity index (χ3v) is 7.89. The van der Waals surface area contributed by atoms with Crippen molar-refractivity contribution in [3.63, 3.8) is 0 Å². The predicted molar refractivity (Wildman–Crippen MR) is 125 cm³/mol. The van der Waals surface area contributed by atoms with Crippen LogP contribution in [0, 0.1) is 5.92 Å². The Hall–Kier alpha value is -2.60. The SMILES string of the molecule is CCCCOC(c1ccc(NC(=O)Cc2ccc(S(=O)(=O)CC3CC3)cc2)cc1)(C(F)(F)F)C(F)(F)F. The van der Waals surface area contributed by atoms with Crippen molar-refractivity contribution in [2.45, 2.75) is 61.9 Å². The molecule has 1 fully saturated rings. The molecule has 0 bridgehead atoms. The van der Waals surface area contributed by atoms with E-state index in [0.29, 0.717) is 24.1 Å². The largest absolute Gasteiger partial charge is 0.430 e. The van der Waals surface area contributed by atoms with Crippen LogP contribution < -0.4 is 5.32 Å². The van der Waals surface area contributed by atoms with Crippen LogP contribution in [0.3, 0.4) is 0 Å². The number of carbonyl (C=O) groups excluding carboxylic acids is 1. The molecule has 0 saturated heterocycles. The number of halogens is 6. The van der Waals surface area contributed by atoms with E-state index in [0.717, 1.165) is 25.0 Å². The highest BCUT2D eigenvalue weighted by molar-refractivity contribution is 7.91. The first-order valence-corrected chi connectivity index (χ1v) is 13.3. The number of hydrogen-bond acceptors (Lipinski definition) is 4. The van der Waals surface area contributed by atoms with Crippen molar-refractivity contribution in [3.8, 4) is 0 Å². The summed E-state index contributed by atoms with van der Waals surface area (Å²) in [6.07, 6.45) is -9.61. The lowest BCUT2D eigenvalue weighted by atomic mass is 9.91. The van der Waals surface area contributed by atoms with Gasteiger partial charge in [-0.15, -0.1) is 0 Å². The lowest BCUT2D eigenvalue weighted by molar-refractivity contribution is -0.389. The van der Waals surface area contributed by atoms with Gasteiger partial charge in [0.15, 0.2) is 9.84 Å². The lowest BCUT2D eigenvalue weighted by Gasteiger charge is -2.37. The molecule has 204 valence electrons. The Morgan fingerprint density at radius 3 is 2.00 bits per heavy atom. The normalized spacial score (nSPS) is 15.0. The maximum atomic E-state index is 13.8. The van der Waals surface area contributed by atoms with Gasteiger partial charge in [0.1, 0.15) is 0 Å². The van der Waals surface area contributed by atoms with E-state index in [2.05, 4.69) is 10.1 Å². The average molecular weight is 552 g/mol. The van der Waals surface area contributed by atoms with Crippen molar-refractivity contribution in [2.75, 3.05) is 17.7 Å². The van der Waals surface area contributed by atoms with Gasteiger partial charge < -0.3 is 10.1 Å². The van der Waals surface area contributed by atoms with Gasteiger partial charge in [0.05, 0.1) is 17.1 Å². The van der Waals surface area contributed by atoms with Crippen LogP contribution in [0.5, 0.6) is 0 Å². The number of unbranched alkanes of at least 4 members (excludes halogenated alkanes) is 1. The van der Waals surface area contributed by atoms with Crippen molar-refractivity contribution in [2.24, 2.45) is 5.92 Å². The summed E-state index contributed by atoms with van der Waals surface area (Å²) >= 11 is 0. The summed E-state index contributed by atoms with van der Waals surface area (Å²) in [6, 6.07) is 8.91. The minimum Gasteiger partial charge on any atom is -0.354 e. The van der Waals surface area contributed by atoms with E-state index in [4.69, 9.17) is 0 Å². The molecule has 1 N–H and O–H groups in total. The standard InChI is InChI=1S/C25H27F6NO4S/c1-2-3-14-36-23(24(26,27)28,25(29,30)31)19-8-10-20(11-9-19)32-22(33)15-17-6-12-21(13-7-17)37(34,35)16-18-4-5-18/h6-13,18H,2-5,14-16H2,1H3,(H,32,33). The molecule has 2 aromatic rings. The Balaban J connectivity index is 1.71. The summed E-state index contributed by atoms with van der Waals surface area (Å²) in [4.78, 5) is 12.5. The van der Waals surface area contributed by atoms with E-state index in [9.17, 15) is 39.6 Å². The molecule has 3 rings (SSSR count). The minimum absolute atomic E-state index is 0.00940. The highest BCUT2D eigenvalue weighted by Gasteiger charge is 2.73. The molecule has 0 unspecified atom stereocenters. The third kappa shape index (κ3) is 6.84. The van der Waals surface area contributed by atoms with Crippen LogP contribution in [0.15, 0.2) is 53.4 Å². The lowest BCUT2D eigenvalue weighted by Crippen LogP contribution is -2.56. The smallest absolute Gasteiger partial charge is 0.354 e. The molecule has 0 radical (unpaired) electrons. The zero-order valence-corrected chi connectivity index (χ0v) is 20.8. The molecule has 0 heterocycles. The summed E-state index contributed by atoms with van der Waals surface area (Å²) in [5, 5.41) is 2.42. The third-order valence-electron chi connectivity index (χ3n) is 5.99. The summed E-state index contributed by atoms with van der Waals surface area (Å²) in [6.45, 7) is 0.865. The fraction of sp³-hybridized carbons (Fsp3) is 0.480. The van der Waals surface area contributed by atoms with Crippen molar-refractivity contribution in [3.05, 3.63) is 59.7 Å². The van der Waals surface area contributed by atoms with Crippen LogP contribution in [-0.4, -0.2) is 39.0 Å². The number of ether oxygens (including phenoxy) is 1. The van der Waals surface area contributed by atoms with Crippen LogP contribution in [0.1, 0.15) is 43.7 Å². The number of hydrogen-bond donors (Lipinski definition) is 1. The molecule has 1 aliphatic rings. The van der Waals surface area contributed by atoms with E-state index in [1.165, 1.54) is 24.3 Å². The molecule has 0 atom stereocenters. The second kappa shape index (κ2) is 11.0. The fourth-order valence-corrected chi connectivity index (χ4v) is 5.49. The number of anilines is 1. The van der Waals surface area contributed by atoms with Gasteiger partial charge in [-0.3, -0.25) is 4.79 Å². The Morgan fingerprint density at radius 2 is 1.51 bits per heavy atom. The van der Waals surface area contributed by atoms with E-state index >= 15 is 0 Å². The Morgan fingerprint density at radius 1 is 0.946 bits per heavy atom. The van der Waals surface area contributed by atoms with Crippen LogP contribution in [-0.2, 0) is 31.4 Å². The summed E-state index contributed by atoms with van der Waals surface area (Å²) in [5.41, 5.74) is -5.18. The monoisotopic (exact) mass is 551 g/mol. The minimum atomic E-state index is -5.78. The molecule has 0 aromatic heterocycles. The Kier molecular flexibility index (Phi) is 8.63. The van der Waals surface area contributed by atoms with Crippen molar-refractivity contribution >= 4 is 21.4 Å². The van der Waals surface area contributed by atoms with Gasteiger partial charge in [-0.1, -0.05) is 37.6 Å². The highest BCUT2D eigenvalue weighted by atomic mass is 32.2. The summed E-state index contributed by atoms with van der Waals surface area (Å²) < 4.78 is 112. The highest BCUT2D eigenvalue weighted by Crippen LogP contribution is 2.53. The number of benzene rings is 2. The number of sulfone groups is 1. The van der Waals surface area contributed by atoms with Gasteiger partial charge >= 0.3 is 12.4 Å². The quantitative estimate of drug-likeness (QED) is 0.267. The van der Waals surface area contributed by atoms with Crippen molar-refractivity contribution < 1.29 is 44.3 Å². The summed E-state index contributed by atoms with van der Waals surface area (Å²) in [7, 11) is -3.41. The van der Waals surface area contributed by atoms with E-state index < -0.39 is 45.9 Å². The van der Waals surface area contributed by atoms with E-state index in [1.807, 2.05) is 0 Å². The summed E-state index contributed by atoms with van der Waals surface area (Å²) in [5.74, 6) is -0.322. The molecule has 5 nitrogen and oxygen atoms in total. The molecular weight excluding hydrogens is 524 g/mol. The van der Waals surface area contributed by atoms with Crippen molar-refractivity contribution in [1.29, 1.82) is 0 Å². The van der Waals surface area contributed by atoms with Crippen LogP contribution in [0.25, 0.3) is 0 Å². The molecule has 12 heteroatoms. The van der Waals surface area contributed by atoms with Gasteiger partial charge in [-0.25, -0.2) is 8.42 Å². The topological polar surface area (TPSA) is 72.5 Å². The first-order chi connectivity index (χ1) is 17.2. The Labute approximate surface area is 211 Å². The van der Waals surface area contributed by atoms with E-state index in [1.54, 1.807) is 6.92 Å². The van der Waals surface area contributed by atoms with Crippen LogP contribution in [0.4, 0.5) is 32.0 Å². The first-order valence-electron chi connectivity index (χ1n) is 11.7. The Bertz CT molecular complexity index is 1160. The van der Waals surface area contributed by atoms with Crippen molar-refractivity contribution in [1.82, 2.24) is 0 Å². The van der Waals surface area contributed by atoms with E-state index in [-0.39, 0.29) is 35.1 Å². The van der Waals surface area contributed by atoms with Gasteiger partial charge in [0.25, 0.3) is 5.60 Å². The van der Waals surface area contributed by atoms with Crippen LogP contribution in [0.2, 0.25) is 0 Å². The van der Waals surface area contributed by atoms with Crippen LogP contribution >= 0.6 is 0 Å². The molecule has 37 heavy (non-hydrogen) atoms. The molecule has 1 saturated carbocycles. The number of carbonyl (C=O) groups is 1. The second-order valence-electron chi connectivity index (χ2n) is 9.05. The zero-order chi connectivity index (χ0) is 27.5. The fourth-order valence-electron chi connectivity index (χ4n) is 3.79. The predicted octanol–water partition coefficient (Wildman–Crippen LogP) is 6.19. The first kappa shape index (κ1) is 29.0. The number of rotatable bonds is 11. The molecule has 1 amide bonds. The maximum absolute atomic E-state index is 13.8. The second-order valence-corrected chi connectivity index (χ2v) is 11.1. The maximum Gasteiger partial charge on any atom is 0.430 e. The number of nitrogens with one attached hydrogen (secondary N) is 1. The molecule has 1 aliphatic carbocycles. The molecular formula is C25H27F6NO4S. The zero-order valence-electron chi connectivity index (χ0n) is 20.0. The number of amides is 1. The molecule has 0 aliphatic heterocycles. The van der Waals surface area contributed by atoms with Gasteiger partial charge in [-0.2, -0.15) is 26.3 Å². The molecule has 2 aromatic carbocycles. The van der Waals surface area contributed by atoms with Gasteiger partial charge in [0.2, 0.25) is 5.91 Å². The number of alkyl halides is 6.